The fourth-order valence-corrected chi connectivity index (χ4v) is 5.18. The minimum Gasteiger partial charge on any atom is -0.495 e. The highest BCUT2D eigenvalue weighted by Crippen LogP contribution is 2.31. The zero-order valence-electron chi connectivity index (χ0n) is 14.5. The lowest BCUT2D eigenvalue weighted by atomic mass is 9.97. The van der Waals surface area contributed by atoms with Crippen LogP contribution in [0, 0.1) is 0 Å². The topological polar surface area (TPSA) is 90.9 Å². The number of nitrogens with one attached hydrogen (secondary N) is 1. The number of thioether (sulfide) groups is 1. The van der Waals surface area contributed by atoms with Crippen molar-refractivity contribution in [1.82, 2.24) is 4.72 Å². The van der Waals surface area contributed by atoms with E-state index in [2.05, 4.69) is 9.46 Å². The Hall–Kier alpha value is -1.29. The number of hydrogen-bond donors (Lipinski definition) is 1. The highest BCUT2D eigenvalue weighted by molar-refractivity contribution is 7.99. The van der Waals surface area contributed by atoms with Crippen molar-refractivity contribution in [2.45, 2.75) is 23.3 Å². The molecule has 1 N–H and O–H groups in total. The first-order valence-electron chi connectivity index (χ1n) is 7.76. The van der Waals surface area contributed by atoms with Crippen LogP contribution in [0.5, 0.6) is 5.75 Å². The van der Waals surface area contributed by atoms with Gasteiger partial charge in [0.05, 0.1) is 25.4 Å². The van der Waals surface area contributed by atoms with Crippen LogP contribution in [0.1, 0.15) is 23.2 Å². The monoisotopic (exact) mass is 389 g/mol. The molecule has 1 fully saturated rings. The maximum absolute atomic E-state index is 12.8. The molecule has 0 saturated carbocycles. The molecule has 0 spiro atoms. The molecule has 1 aliphatic heterocycles. The number of sulfonamides is 1. The largest absolute Gasteiger partial charge is 0.495 e. The van der Waals surface area contributed by atoms with Gasteiger partial charge < -0.3 is 14.2 Å². The van der Waals surface area contributed by atoms with Crippen LogP contribution in [0.3, 0.4) is 0 Å². The first kappa shape index (κ1) is 20.0. The van der Waals surface area contributed by atoms with E-state index in [4.69, 9.17) is 9.47 Å². The third kappa shape index (κ3) is 4.66. The molecule has 25 heavy (non-hydrogen) atoms. The van der Waals surface area contributed by atoms with Gasteiger partial charge >= 0.3 is 5.97 Å². The van der Waals surface area contributed by atoms with Crippen molar-refractivity contribution < 1.29 is 27.4 Å². The number of carbonyl (C=O) groups is 1. The van der Waals surface area contributed by atoms with Crippen molar-refractivity contribution in [3.8, 4) is 5.75 Å². The van der Waals surface area contributed by atoms with Gasteiger partial charge in [-0.05, 0) is 42.5 Å². The molecule has 0 aliphatic carbocycles. The molecule has 1 aliphatic rings. The van der Waals surface area contributed by atoms with Crippen LogP contribution in [0.2, 0.25) is 0 Å². The second-order valence-corrected chi connectivity index (χ2v) is 8.64. The molecule has 7 nitrogen and oxygen atoms in total. The van der Waals surface area contributed by atoms with Gasteiger partial charge in [0.1, 0.15) is 10.6 Å². The molecule has 2 rings (SSSR count). The zero-order valence-corrected chi connectivity index (χ0v) is 16.2. The van der Waals surface area contributed by atoms with Crippen LogP contribution in [-0.2, 0) is 19.5 Å². The Kier molecular flexibility index (Phi) is 6.72. The van der Waals surface area contributed by atoms with E-state index in [1.54, 1.807) is 7.11 Å². The predicted molar refractivity (Wildman–Crippen MR) is 95.8 cm³/mol. The molecule has 0 bridgehead atoms. The Labute approximate surface area is 152 Å². The van der Waals surface area contributed by atoms with Crippen LogP contribution >= 0.6 is 11.8 Å². The molecule has 0 atom stereocenters. The van der Waals surface area contributed by atoms with E-state index < -0.39 is 21.6 Å². The fraction of sp³-hybridized carbons (Fsp3) is 0.562. The molecule has 1 aromatic rings. The number of rotatable bonds is 7. The van der Waals surface area contributed by atoms with Gasteiger partial charge in [-0.3, -0.25) is 0 Å². The number of methoxy groups -OCH3 is 3. The van der Waals surface area contributed by atoms with E-state index in [0.717, 1.165) is 24.3 Å². The smallest absolute Gasteiger partial charge is 0.337 e. The summed E-state index contributed by atoms with van der Waals surface area (Å²) in [6.45, 7) is 0.165. The molecule has 1 saturated heterocycles. The quantitative estimate of drug-likeness (QED) is 0.709. The molecular weight excluding hydrogens is 366 g/mol. The summed E-state index contributed by atoms with van der Waals surface area (Å²) < 4.78 is 43.5. The van der Waals surface area contributed by atoms with E-state index in [0.29, 0.717) is 0 Å². The van der Waals surface area contributed by atoms with Crippen molar-refractivity contribution in [2.24, 2.45) is 0 Å². The maximum Gasteiger partial charge on any atom is 0.337 e. The average molecular weight is 389 g/mol. The number of benzene rings is 1. The van der Waals surface area contributed by atoms with Crippen molar-refractivity contribution in [3.05, 3.63) is 23.8 Å². The fourth-order valence-electron chi connectivity index (χ4n) is 2.63. The molecule has 1 aromatic carbocycles. The highest BCUT2D eigenvalue weighted by atomic mass is 32.2. The average Bonchev–Trinajstić information content (AvgIpc) is 2.66. The summed E-state index contributed by atoms with van der Waals surface area (Å²) in [4.78, 5) is 11.6. The second-order valence-electron chi connectivity index (χ2n) is 5.68. The third-order valence-electron chi connectivity index (χ3n) is 4.30. The van der Waals surface area contributed by atoms with Crippen LogP contribution < -0.4 is 9.46 Å². The Morgan fingerprint density at radius 1 is 1.24 bits per heavy atom. The van der Waals surface area contributed by atoms with E-state index in [9.17, 15) is 13.2 Å². The van der Waals surface area contributed by atoms with Gasteiger partial charge in [0.15, 0.2) is 0 Å². The van der Waals surface area contributed by atoms with Crippen molar-refractivity contribution in [1.29, 1.82) is 0 Å². The minimum absolute atomic E-state index is 0.102. The number of carbonyl (C=O) groups excluding carboxylic acids is 1. The van der Waals surface area contributed by atoms with E-state index in [1.165, 1.54) is 32.4 Å². The summed E-state index contributed by atoms with van der Waals surface area (Å²) in [5.74, 6) is 1.40. The summed E-state index contributed by atoms with van der Waals surface area (Å²) in [5.41, 5.74) is -0.370. The third-order valence-corrected chi connectivity index (χ3v) is 6.70. The van der Waals surface area contributed by atoms with Gasteiger partial charge in [0.25, 0.3) is 0 Å². The van der Waals surface area contributed by atoms with Crippen molar-refractivity contribution in [3.63, 3.8) is 0 Å². The Bertz CT molecular complexity index is 713. The van der Waals surface area contributed by atoms with Gasteiger partial charge in [-0.1, -0.05) is 0 Å². The SMILES string of the molecule is COC(=O)c1ccc(OC)c(S(=O)(=O)NCC2(OC)CCSCC2)c1. The summed E-state index contributed by atoms with van der Waals surface area (Å²) in [6, 6.07) is 4.14. The Morgan fingerprint density at radius 3 is 2.48 bits per heavy atom. The summed E-state index contributed by atoms with van der Waals surface area (Å²) in [5, 5.41) is 0. The van der Waals surface area contributed by atoms with E-state index in [1.807, 2.05) is 11.8 Å². The Morgan fingerprint density at radius 2 is 1.92 bits per heavy atom. The minimum atomic E-state index is -3.88. The highest BCUT2D eigenvalue weighted by Gasteiger charge is 2.34. The number of hydrogen-bond acceptors (Lipinski definition) is 7. The van der Waals surface area contributed by atoms with Crippen LogP contribution in [0.15, 0.2) is 23.1 Å². The van der Waals surface area contributed by atoms with Crippen LogP contribution in [0.4, 0.5) is 0 Å². The summed E-state index contributed by atoms with van der Waals surface area (Å²) >= 11 is 1.83. The first-order chi connectivity index (χ1) is 11.9. The normalized spacial score (nSPS) is 17.1. The van der Waals surface area contributed by atoms with Gasteiger partial charge in [0.2, 0.25) is 10.0 Å². The summed E-state index contributed by atoms with van der Waals surface area (Å²) in [6.07, 6.45) is 1.55. The zero-order chi connectivity index (χ0) is 18.5. The second kappa shape index (κ2) is 8.39. The lowest BCUT2D eigenvalue weighted by molar-refractivity contribution is -0.0119. The van der Waals surface area contributed by atoms with Crippen molar-refractivity contribution in [2.75, 3.05) is 39.4 Å². The molecule has 0 aromatic heterocycles. The molecule has 0 radical (unpaired) electrons. The van der Waals surface area contributed by atoms with Crippen molar-refractivity contribution >= 4 is 27.8 Å². The lowest BCUT2D eigenvalue weighted by Gasteiger charge is -2.35. The van der Waals surface area contributed by atoms with E-state index in [-0.39, 0.29) is 22.8 Å². The van der Waals surface area contributed by atoms with Crippen LogP contribution in [-0.4, -0.2) is 59.4 Å². The molecule has 0 amide bonds. The molecule has 1 heterocycles. The van der Waals surface area contributed by atoms with Gasteiger partial charge in [-0.25, -0.2) is 17.9 Å². The van der Waals surface area contributed by atoms with E-state index >= 15 is 0 Å². The maximum atomic E-state index is 12.8. The molecular formula is C16H23NO6S2. The Balaban J connectivity index is 2.27. The summed E-state index contributed by atoms with van der Waals surface area (Å²) in [7, 11) is 0.330. The lowest BCUT2D eigenvalue weighted by Crippen LogP contribution is -2.46. The number of esters is 1. The van der Waals surface area contributed by atoms with Crippen LogP contribution in [0.25, 0.3) is 0 Å². The van der Waals surface area contributed by atoms with Gasteiger partial charge in [-0.15, -0.1) is 0 Å². The predicted octanol–water partition coefficient (Wildman–Crippen LogP) is 1.67. The molecule has 140 valence electrons. The first-order valence-corrected chi connectivity index (χ1v) is 10.4. The van der Waals surface area contributed by atoms with Gasteiger partial charge in [0, 0.05) is 13.7 Å². The standard InChI is InChI=1S/C16H23NO6S2/c1-21-13-5-4-12(15(18)22-2)10-14(13)25(19,20)17-11-16(23-3)6-8-24-9-7-16/h4-5,10,17H,6-9,11H2,1-3H3. The molecule has 0 unspecified atom stereocenters. The molecule has 9 heteroatoms. The van der Waals surface area contributed by atoms with Gasteiger partial charge in [-0.2, -0.15) is 11.8 Å². The number of ether oxygens (including phenoxy) is 3.